The highest BCUT2D eigenvalue weighted by molar-refractivity contribution is 6.30. The third-order valence-electron chi connectivity index (χ3n) is 3.91. The fraction of sp³-hybridized carbons (Fsp3) is 0.600. The molecule has 4 heteroatoms. The fourth-order valence-corrected chi connectivity index (χ4v) is 3.00. The number of hydrogen-bond acceptors (Lipinski definition) is 3. The van der Waals surface area contributed by atoms with Crippen LogP contribution in [-0.2, 0) is 11.2 Å². The Morgan fingerprint density at radius 1 is 1.21 bits per heavy atom. The Balaban J connectivity index is 1.43. The van der Waals surface area contributed by atoms with E-state index in [1.54, 1.807) is 0 Å². The van der Waals surface area contributed by atoms with Gasteiger partial charge in [0.2, 0.25) is 0 Å². The lowest BCUT2D eigenvalue weighted by Crippen LogP contribution is -2.35. The molecule has 3 nitrogen and oxygen atoms in total. The molecule has 1 aromatic rings. The van der Waals surface area contributed by atoms with Gasteiger partial charge in [-0.25, -0.2) is 0 Å². The van der Waals surface area contributed by atoms with Crippen LogP contribution in [0.1, 0.15) is 18.4 Å². The lowest BCUT2D eigenvalue weighted by molar-refractivity contribution is 0.0655. The largest absolute Gasteiger partial charge is 0.488 e. The number of nitrogens with one attached hydrogen (secondary N) is 1. The molecule has 3 rings (SSSR count). The summed E-state index contributed by atoms with van der Waals surface area (Å²) in [5.41, 5.74) is 1.23. The second-order valence-electron chi connectivity index (χ2n) is 5.41. The van der Waals surface area contributed by atoms with Gasteiger partial charge in [-0.2, -0.15) is 0 Å². The van der Waals surface area contributed by atoms with Crippen molar-refractivity contribution in [2.75, 3.05) is 26.3 Å². The molecule has 2 aliphatic rings. The maximum Gasteiger partial charge on any atom is 0.123 e. The zero-order valence-electron chi connectivity index (χ0n) is 11.0. The maximum atomic E-state index is 5.99. The molecular formula is C15H20ClNO2. The van der Waals surface area contributed by atoms with Gasteiger partial charge in [0, 0.05) is 31.2 Å². The van der Waals surface area contributed by atoms with Crippen LogP contribution < -0.4 is 10.1 Å². The topological polar surface area (TPSA) is 30.5 Å². The third-order valence-corrected chi connectivity index (χ3v) is 4.14. The quantitative estimate of drug-likeness (QED) is 0.920. The van der Waals surface area contributed by atoms with Crippen LogP contribution in [0.2, 0.25) is 5.02 Å². The van der Waals surface area contributed by atoms with Crippen molar-refractivity contribution in [3.63, 3.8) is 0 Å². The van der Waals surface area contributed by atoms with E-state index in [-0.39, 0.29) is 6.10 Å². The number of halogens is 1. The van der Waals surface area contributed by atoms with Crippen LogP contribution in [-0.4, -0.2) is 32.4 Å². The summed E-state index contributed by atoms with van der Waals surface area (Å²) in [7, 11) is 0. The van der Waals surface area contributed by atoms with Crippen molar-refractivity contribution in [3.05, 3.63) is 28.8 Å². The van der Waals surface area contributed by atoms with Gasteiger partial charge < -0.3 is 14.8 Å². The molecule has 1 atom stereocenters. The molecule has 0 spiro atoms. The first-order valence-corrected chi connectivity index (χ1v) is 7.42. The van der Waals surface area contributed by atoms with Crippen LogP contribution in [0.4, 0.5) is 0 Å². The summed E-state index contributed by atoms with van der Waals surface area (Å²) in [6.45, 7) is 3.80. The standard InChI is InChI=1S/C15H20ClNO2/c16-13-1-2-15-12(7-13)8-14(19-15)10-17-9-11-3-5-18-6-4-11/h1-2,7,11,14,17H,3-6,8-10H2. The molecule has 0 saturated carbocycles. The molecule has 104 valence electrons. The first kappa shape index (κ1) is 13.2. The van der Waals surface area contributed by atoms with E-state index in [1.807, 2.05) is 18.2 Å². The molecule has 0 amide bonds. The lowest BCUT2D eigenvalue weighted by atomic mass is 10.0. The summed E-state index contributed by atoms with van der Waals surface area (Å²) in [5.74, 6) is 1.74. The Morgan fingerprint density at radius 3 is 2.89 bits per heavy atom. The molecule has 19 heavy (non-hydrogen) atoms. The van der Waals surface area contributed by atoms with Gasteiger partial charge in [0.15, 0.2) is 0 Å². The molecule has 1 aromatic carbocycles. The molecule has 0 aliphatic carbocycles. The van der Waals surface area contributed by atoms with Gasteiger partial charge in [-0.15, -0.1) is 0 Å². The molecule has 1 saturated heterocycles. The van der Waals surface area contributed by atoms with Crippen LogP contribution >= 0.6 is 11.6 Å². The van der Waals surface area contributed by atoms with Gasteiger partial charge in [0.25, 0.3) is 0 Å². The second-order valence-corrected chi connectivity index (χ2v) is 5.85. The van der Waals surface area contributed by atoms with Crippen molar-refractivity contribution in [2.24, 2.45) is 5.92 Å². The van der Waals surface area contributed by atoms with Crippen molar-refractivity contribution in [2.45, 2.75) is 25.4 Å². The van der Waals surface area contributed by atoms with Crippen molar-refractivity contribution >= 4 is 11.6 Å². The summed E-state index contributed by atoms with van der Waals surface area (Å²) in [4.78, 5) is 0. The Labute approximate surface area is 119 Å². The predicted molar refractivity (Wildman–Crippen MR) is 76.0 cm³/mol. The fourth-order valence-electron chi connectivity index (χ4n) is 2.80. The Kier molecular flexibility index (Phi) is 4.26. The monoisotopic (exact) mass is 281 g/mol. The summed E-state index contributed by atoms with van der Waals surface area (Å²) in [6.07, 6.45) is 3.55. The highest BCUT2D eigenvalue weighted by Crippen LogP contribution is 2.30. The van der Waals surface area contributed by atoms with Crippen molar-refractivity contribution in [1.29, 1.82) is 0 Å². The minimum absolute atomic E-state index is 0.244. The average molecular weight is 282 g/mol. The summed E-state index contributed by atoms with van der Waals surface area (Å²) >= 11 is 5.99. The molecule has 0 bridgehead atoms. The van der Waals surface area contributed by atoms with Crippen LogP contribution in [0.15, 0.2) is 18.2 Å². The third kappa shape index (κ3) is 3.41. The zero-order valence-corrected chi connectivity index (χ0v) is 11.8. The minimum Gasteiger partial charge on any atom is -0.488 e. The number of rotatable bonds is 4. The maximum absolute atomic E-state index is 5.99. The van der Waals surface area contributed by atoms with Gasteiger partial charge >= 0.3 is 0 Å². The smallest absolute Gasteiger partial charge is 0.123 e. The Hall–Kier alpha value is -0.770. The molecular weight excluding hydrogens is 262 g/mol. The molecule has 1 N–H and O–H groups in total. The number of ether oxygens (including phenoxy) is 2. The van der Waals surface area contributed by atoms with Crippen LogP contribution in [0.25, 0.3) is 0 Å². The first-order chi connectivity index (χ1) is 9.31. The van der Waals surface area contributed by atoms with Crippen molar-refractivity contribution < 1.29 is 9.47 Å². The van der Waals surface area contributed by atoms with Gasteiger partial charge in [-0.1, -0.05) is 11.6 Å². The van der Waals surface area contributed by atoms with E-state index in [1.165, 1.54) is 18.4 Å². The summed E-state index contributed by atoms with van der Waals surface area (Å²) < 4.78 is 11.3. The minimum atomic E-state index is 0.244. The van der Waals surface area contributed by atoms with Crippen molar-refractivity contribution in [3.8, 4) is 5.75 Å². The zero-order chi connectivity index (χ0) is 13.1. The highest BCUT2D eigenvalue weighted by atomic mass is 35.5. The lowest BCUT2D eigenvalue weighted by Gasteiger charge is -2.23. The SMILES string of the molecule is Clc1ccc2c(c1)CC(CNCC1CCOCC1)O2. The van der Waals surface area contributed by atoms with E-state index in [9.17, 15) is 0 Å². The van der Waals surface area contributed by atoms with E-state index < -0.39 is 0 Å². The van der Waals surface area contributed by atoms with Crippen LogP contribution in [0, 0.1) is 5.92 Å². The molecule has 1 fully saturated rings. The van der Waals surface area contributed by atoms with Crippen LogP contribution in [0.5, 0.6) is 5.75 Å². The molecule has 0 aromatic heterocycles. The Morgan fingerprint density at radius 2 is 2.05 bits per heavy atom. The van der Waals surface area contributed by atoms with Crippen LogP contribution in [0.3, 0.4) is 0 Å². The van der Waals surface area contributed by atoms with E-state index in [2.05, 4.69) is 5.32 Å². The molecule has 0 radical (unpaired) electrons. The number of hydrogen-bond donors (Lipinski definition) is 1. The van der Waals surface area contributed by atoms with Gasteiger partial charge in [0.05, 0.1) is 0 Å². The van der Waals surface area contributed by atoms with E-state index >= 15 is 0 Å². The molecule has 2 aliphatic heterocycles. The van der Waals surface area contributed by atoms with E-state index in [0.717, 1.165) is 49.4 Å². The predicted octanol–water partition coefficient (Wildman–Crippen LogP) is 2.66. The second kappa shape index (κ2) is 6.12. The van der Waals surface area contributed by atoms with Crippen molar-refractivity contribution in [1.82, 2.24) is 5.32 Å². The van der Waals surface area contributed by atoms with Gasteiger partial charge in [-0.3, -0.25) is 0 Å². The Bertz CT molecular complexity index is 432. The summed E-state index contributed by atoms with van der Waals surface area (Å²) in [5, 5.41) is 4.32. The highest BCUT2D eigenvalue weighted by Gasteiger charge is 2.23. The van der Waals surface area contributed by atoms with E-state index in [4.69, 9.17) is 21.1 Å². The average Bonchev–Trinajstić information content (AvgIpc) is 2.82. The van der Waals surface area contributed by atoms with Gasteiger partial charge in [-0.05, 0) is 49.1 Å². The van der Waals surface area contributed by atoms with Gasteiger partial charge in [0.1, 0.15) is 11.9 Å². The van der Waals surface area contributed by atoms with E-state index in [0.29, 0.717) is 0 Å². The number of benzene rings is 1. The number of fused-ring (bicyclic) bond motifs is 1. The first-order valence-electron chi connectivity index (χ1n) is 7.05. The summed E-state index contributed by atoms with van der Waals surface area (Å²) in [6, 6.07) is 5.86. The molecule has 1 unspecified atom stereocenters. The normalized spacial score (nSPS) is 23.1. The molecule has 2 heterocycles.